The predicted molar refractivity (Wildman–Crippen MR) is 85.1 cm³/mol. The maximum absolute atomic E-state index is 12.6. The molecule has 116 valence electrons. The molecule has 3 aromatic rings. The number of ketones is 1. The maximum Gasteiger partial charge on any atom is 0.359 e. The third-order valence-corrected chi connectivity index (χ3v) is 3.81. The number of hydrogen-bond acceptors (Lipinski definition) is 6. The van der Waals surface area contributed by atoms with Crippen LogP contribution in [0, 0.1) is 0 Å². The third kappa shape index (κ3) is 2.91. The lowest BCUT2D eigenvalue weighted by atomic mass is 10.1. The molecule has 3 rings (SSSR count). The fourth-order valence-corrected chi connectivity index (χ4v) is 2.72. The minimum Gasteiger partial charge on any atom is -0.461 e. The van der Waals surface area contributed by atoms with E-state index < -0.39 is 5.97 Å². The molecule has 1 aromatic carbocycles. The Morgan fingerprint density at radius 3 is 2.65 bits per heavy atom. The van der Waals surface area contributed by atoms with Crippen LogP contribution in [-0.2, 0) is 4.74 Å². The largest absolute Gasteiger partial charge is 0.461 e. The lowest BCUT2D eigenvalue weighted by Crippen LogP contribution is -2.16. The molecule has 0 saturated heterocycles. The zero-order valence-corrected chi connectivity index (χ0v) is 13.1. The number of nitrogens with zero attached hydrogens (tertiary/aromatic N) is 3. The summed E-state index contributed by atoms with van der Waals surface area (Å²) in [4.78, 5) is 24.9. The molecule has 0 aliphatic heterocycles. The minimum atomic E-state index is -0.622. The number of aromatic nitrogens is 3. The fourth-order valence-electron chi connectivity index (χ4n) is 2.10. The average molecular weight is 327 g/mol. The number of thiophene rings is 1. The number of ether oxygens (including phenoxy) is 1. The number of esters is 1. The van der Waals surface area contributed by atoms with Crippen molar-refractivity contribution in [3.8, 4) is 5.69 Å². The first-order valence-corrected chi connectivity index (χ1v) is 7.91. The van der Waals surface area contributed by atoms with Crippen LogP contribution < -0.4 is 0 Å². The van der Waals surface area contributed by atoms with E-state index in [9.17, 15) is 9.59 Å². The summed E-state index contributed by atoms with van der Waals surface area (Å²) >= 11 is 1.46. The molecule has 0 saturated carbocycles. The van der Waals surface area contributed by atoms with Crippen molar-refractivity contribution in [2.45, 2.75) is 6.92 Å². The Hall–Kier alpha value is -2.80. The van der Waals surface area contributed by atoms with Gasteiger partial charge in [0.05, 0.1) is 12.3 Å². The first kappa shape index (κ1) is 15.1. The van der Waals surface area contributed by atoms with Crippen molar-refractivity contribution < 1.29 is 14.3 Å². The molecule has 6 nitrogen and oxygen atoms in total. The van der Waals surface area contributed by atoms with Crippen LogP contribution in [0.4, 0.5) is 0 Å². The van der Waals surface area contributed by atoms with Crippen LogP contribution in [0.1, 0.15) is 33.5 Å². The normalized spacial score (nSPS) is 10.5. The van der Waals surface area contributed by atoms with Gasteiger partial charge in [-0.1, -0.05) is 35.5 Å². The summed E-state index contributed by atoms with van der Waals surface area (Å²) in [6, 6.07) is 10.4. The smallest absolute Gasteiger partial charge is 0.359 e. The molecule has 2 heterocycles. The number of benzene rings is 1. The highest BCUT2D eigenvalue weighted by atomic mass is 32.1. The van der Waals surface area contributed by atoms with E-state index in [0.717, 1.165) is 0 Å². The van der Waals surface area contributed by atoms with Crippen molar-refractivity contribution in [2.75, 3.05) is 6.61 Å². The van der Waals surface area contributed by atoms with E-state index in [0.29, 0.717) is 11.3 Å². The Labute approximate surface area is 136 Å². The summed E-state index contributed by atoms with van der Waals surface area (Å²) in [6.07, 6.45) is 0. The van der Waals surface area contributed by atoms with E-state index in [1.165, 1.54) is 16.0 Å². The van der Waals surface area contributed by atoms with Crippen LogP contribution in [0.25, 0.3) is 5.69 Å². The molecule has 2 aromatic heterocycles. The van der Waals surface area contributed by atoms with Gasteiger partial charge in [0.25, 0.3) is 0 Å². The Kier molecular flexibility index (Phi) is 4.29. The van der Waals surface area contributed by atoms with Gasteiger partial charge in [-0.3, -0.25) is 4.79 Å². The van der Waals surface area contributed by atoms with E-state index in [2.05, 4.69) is 10.3 Å². The Balaban J connectivity index is 2.10. The summed E-state index contributed by atoms with van der Waals surface area (Å²) in [5.41, 5.74) is 1.13. The van der Waals surface area contributed by atoms with Crippen LogP contribution in [0.2, 0.25) is 0 Å². The van der Waals surface area contributed by atoms with Gasteiger partial charge >= 0.3 is 5.97 Å². The molecule has 0 amide bonds. The van der Waals surface area contributed by atoms with Gasteiger partial charge in [-0.15, -0.1) is 5.10 Å². The summed E-state index contributed by atoms with van der Waals surface area (Å²) in [5, 5.41) is 11.5. The predicted octanol–water partition coefficient (Wildman–Crippen LogP) is 2.74. The average Bonchev–Trinajstić information content (AvgIpc) is 3.24. The summed E-state index contributed by atoms with van der Waals surface area (Å²) in [6.45, 7) is 1.90. The number of rotatable bonds is 5. The molecule has 0 atom stereocenters. The molecule has 0 aliphatic carbocycles. The van der Waals surface area contributed by atoms with Gasteiger partial charge in [-0.2, -0.15) is 11.3 Å². The highest BCUT2D eigenvalue weighted by Crippen LogP contribution is 2.19. The number of carbonyl (C=O) groups is 2. The van der Waals surface area contributed by atoms with Crippen LogP contribution >= 0.6 is 11.3 Å². The van der Waals surface area contributed by atoms with Crippen molar-refractivity contribution in [3.05, 3.63) is 64.1 Å². The number of hydrogen-bond donors (Lipinski definition) is 0. The zero-order valence-electron chi connectivity index (χ0n) is 12.3. The van der Waals surface area contributed by atoms with Gasteiger partial charge in [0, 0.05) is 10.9 Å². The second-order valence-electron chi connectivity index (χ2n) is 4.60. The van der Waals surface area contributed by atoms with Crippen LogP contribution in [0.15, 0.2) is 47.2 Å². The van der Waals surface area contributed by atoms with Gasteiger partial charge < -0.3 is 4.74 Å². The number of carbonyl (C=O) groups excluding carboxylic acids is 2. The zero-order chi connectivity index (χ0) is 16.2. The van der Waals surface area contributed by atoms with Crippen molar-refractivity contribution >= 4 is 23.1 Å². The lowest BCUT2D eigenvalue weighted by Gasteiger charge is -2.05. The molecular formula is C16H13N3O3S. The molecule has 0 N–H and O–H groups in total. The molecule has 0 aliphatic rings. The third-order valence-electron chi connectivity index (χ3n) is 3.14. The van der Waals surface area contributed by atoms with E-state index in [1.54, 1.807) is 37.3 Å². The fraction of sp³-hybridized carbons (Fsp3) is 0.125. The first-order valence-electron chi connectivity index (χ1n) is 6.97. The SMILES string of the molecule is CCOC(=O)c1c(C(=O)c2ccccc2)nnn1-c1ccsc1. The van der Waals surface area contributed by atoms with Gasteiger partial charge in [0.1, 0.15) is 0 Å². The molecule has 7 heteroatoms. The Morgan fingerprint density at radius 1 is 1.22 bits per heavy atom. The highest BCUT2D eigenvalue weighted by Gasteiger charge is 2.28. The van der Waals surface area contributed by atoms with Crippen LogP contribution in [0.5, 0.6) is 0 Å². The van der Waals surface area contributed by atoms with Gasteiger partial charge in [0.2, 0.25) is 5.78 Å². The molecule has 0 radical (unpaired) electrons. The van der Waals surface area contributed by atoms with E-state index in [1.807, 2.05) is 16.8 Å². The lowest BCUT2D eigenvalue weighted by molar-refractivity contribution is 0.0513. The summed E-state index contributed by atoms with van der Waals surface area (Å²) in [7, 11) is 0. The monoisotopic (exact) mass is 327 g/mol. The second kappa shape index (κ2) is 6.53. The van der Waals surface area contributed by atoms with Crippen molar-refractivity contribution in [1.29, 1.82) is 0 Å². The Bertz CT molecular complexity index is 826. The van der Waals surface area contributed by atoms with Gasteiger partial charge in [-0.25, -0.2) is 9.48 Å². The molecule has 0 unspecified atom stereocenters. The summed E-state index contributed by atoms with van der Waals surface area (Å²) < 4.78 is 6.40. The van der Waals surface area contributed by atoms with Crippen molar-refractivity contribution in [2.24, 2.45) is 0 Å². The van der Waals surface area contributed by atoms with E-state index in [4.69, 9.17) is 4.74 Å². The van der Waals surface area contributed by atoms with Crippen LogP contribution in [-0.4, -0.2) is 33.4 Å². The second-order valence-corrected chi connectivity index (χ2v) is 5.38. The van der Waals surface area contributed by atoms with E-state index >= 15 is 0 Å². The van der Waals surface area contributed by atoms with Gasteiger partial charge in [0.15, 0.2) is 11.4 Å². The maximum atomic E-state index is 12.6. The molecule has 0 bridgehead atoms. The molecule has 23 heavy (non-hydrogen) atoms. The standard InChI is InChI=1S/C16H13N3O3S/c1-2-22-16(21)14-13(15(20)11-6-4-3-5-7-11)17-18-19(14)12-8-9-23-10-12/h3-10H,2H2,1H3. The van der Waals surface area contributed by atoms with Gasteiger partial charge in [-0.05, 0) is 18.4 Å². The molecular weight excluding hydrogens is 314 g/mol. The first-order chi connectivity index (χ1) is 11.2. The van der Waals surface area contributed by atoms with Crippen molar-refractivity contribution in [1.82, 2.24) is 15.0 Å². The quantitative estimate of drug-likeness (QED) is 0.532. The molecule has 0 fully saturated rings. The van der Waals surface area contributed by atoms with Crippen LogP contribution in [0.3, 0.4) is 0 Å². The topological polar surface area (TPSA) is 74.1 Å². The van der Waals surface area contributed by atoms with Crippen molar-refractivity contribution in [3.63, 3.8) is 0 Å². The van der Waals surface area contributed by atoms with E-state index in [-0.39, 0.29) is 23.8 Å². The minimum absolute atomic E-state index is 0.0131. The summed E-state index contributed by atoms with van der Waals surface area (Å²) in [5.74, 6) is -0.988. The Morgan fingerprint density at radius 2 is 2.00 bits per heavy atom. The molecule has 0 spiro atoms. The highest BCUT2D eigenvalue weighted by molar-refractivity contribution is 7.08.